The van der Waals surface area contributed by atoms with Crippen molar-refractivity contribution in [3.05, 3.63) is 0 Å². The Bertz CT molecular complexity index is 122. The van der Waals surface area contributed by atoms with Gasteiger partial charge in [0.1, 0.15) is 0 Å². The van der Waals surface area contributed by atoms with E-state index in [1.165, 1.54) is 21.7 Å². The predicted molar refractivity (Wildman–Crippen MR) is 70.0 cm³/mol. The Morgan fingerprint density at radius 3 is 1.53 bits per heavy atom. The normalized spacial score (nSPS) is 10.5. The van der Waals surface area contributed by atoms with Gasteiger partial charge in [0.25, 0.3) is 0 Å². The first kappa shape index (κ1) is 17.6. The van der Waals surface area contributed by atoms with Gasteiger partial charge >= 0.3 is 116 Å². The third kappa shape index (κ3) is 16.6. The number of hydrogen-bond donors (Lipinski definition) is 0. The van der Waals surface area contributed by atoms with Crippen LogP contribution in [0.3, 0.4) is 0 Å². The van der Waals surface area contributed by atoms with E-state index in [0.717, 1.165) is 26.4 Å². The van der Waals surface area contributed by atoms with Crippen LogP contribution < -0.4 is 0 Å². The van der Waals surface area contributed by atoms with Crippen LogP contribution in [0.15, 0.2) is 0 Å². The van der Waals surface area contributed by atoms with Crippen LogP contribution in [0.4, 0.5) is 0 Å². The minimum atomic E-state index is -0.149. The van der Waals surface area contributed by atoms with Gasteiger partial charge in [0.05, 0.1) is 0 Å². The molecule has 0 radical (unpaired) electrons. The van der Waals surface area contributed by atoms with Crippen LogP contribution in [0, 0.1) is 0 Å². The fourth-order valence-corrected chi connectivity index (χ4v) is 4.18. The number of ether oxygens (including phenoxy) is 4. The summed E-state index contributed by atoms with van der Waals surface area (Å²) >= 11 is -0.149. The van der Waals surface area contributed by atoms with E-state index in [1.807, 2.05) is 0 Å². The summed E-state index contributed by atoms with van der Waals surface area (Å²) in [6, 6.07) is 0. The predicted octanol–water partition coefficient (Wildman–Crippen LogP) is 1.63. The molecule has 0 spiro atoms. The van der Waals surface area contributed by atoms with Crippen LogP contribution in [-0.2, 0) is 18.9 Å². The van der Waals surface area contributed by atoms with Crippen LogP contribution in [0.2, 0.25) is 8.87 Å². The third-order valence-corrected chi connectivity index (χ3v) is 6.18. The van der Waals surface area contributed by atoms with Gasteiger partial charge in [-0.1, -0.05) is 0 Å². The molecule has 0 aromatic carbocycles. The molecule has 0 aliphatic rings. The monoisotopic (exact) mass is 354 g/mol. The van der Waals surface area contributed by atoms with Gasteiger partial charge in [-0.2, -0.15) is 0 Å². The third-order valence-electron chi connectivity index (χ3n) is 2.15. The zero-order valence-corrected chi connectivity index (χ0v) is 14.1. The molecule has 0 aromatic heterocycles. The molecule has 100 valence electrons. The Hall–Kier alpha value is 0.639. The standard InChI is InChI=1S/2C6H13O2.Sn/c2*1-3-4-8-6-5-7-2;/h2*1,3-6H2,2H3;/q;;+2. The molecule has 0 rings (SSSR count). The molecule has 0 unspecified atom stereocenters. The summed E-state index contributed by atoms with van der Waals surface area (Å²) in [4.78, 5) is 0. The van der Waals surface area contributed by atoms with Crippen molar-refractivity contribution in [1.82, 2.24) is 0 Å². The molecule has 0 aromatic rings. The fraction of sp³-hybridized carbons (Fsp3) is 1.00. The van der Waals surface area contributed by atoms with Crippen LogP contribution in [0.1, 0.15) is 12.8 Å². The van der Waals surface area contributed by atoms with Gasteiger partial charge in [0.15, 0.2) is 0 Å². The number of methoxy groups -OCH3 is 2. The fourth-order valence-electron chi connectivity index (χ4n) is 1.21. The maximum absolute atomic E-state index is 5.41. The van der Waals surface area contributed by atoms with Crippen molar-refractivity contribution in [3.63, 3.8) is 0 Å². The molecule has 0 bridgehead atoms. The van der Waals surface area contributed by atoms with Crippen molar-refractivity contribution in [1.29, 1.82) is 0 Å². The summed E-state index contributed by atoms with van der Waals surface area (Å²) in [7, 11) is 3.40. The van der Waals surface area contributed by atoms with Crippen LogP contribution in [0.5, 0.6) is 0 Å². The quantitative estimate of drug-likeness (QED) is 0.352. The van der Waals surface area contributed by atoms with Crippen LogP contribution >= 0.6 is 0 Å². The van der Waals surface area contributed by atoms with E-state index in [2.05, 4.69) is 0 Å². The molecule has 0 atom stereocenters. The van der Waals surface area contributed by atoms with Crippen molar-refractivity contribution in [2.75, 3.05) is 53.9 Å². The Kier molecular flexibility index (Phi) is 17.3. The topological polar surface area (TPSA) is 36.9 Å². The molecular weight excluding hydrogens is 327 g/mol. The molecule has 5 heteroatoms. The van der Waals surface area contributed by atoms with Crippen molar-refractivity contribution in [2.24, 2.45) is 0 Å². The van der Waals surface area contributed by atoms with Gasteiger partial charge < -0.3 is 0 Å². The van der Waals surface area contributed by atoms with E-state index < -0.39 is 0 Å². The van der Waals surface area contributed by atoms with Gasteiger partial charge in [-0.15, -0.1) is 0 Å². The molecule has 0 saturated heterocycles. The zero-order valence-electron chi connectivity index (χ0n) is 11.2. The molecule has 0 saturated carbocycles. The van der Waals surface area contributed by atoms with Gasteiger partial charge in [-0.3, -0.25) is 0 Å². The first-order chi connectivity index (χ1) is 8.41. The molecule has 0 heterocycles. The Labute approximate surface area is 116 Å². The van der Waals surface area contributed by atoms with Gasteiger partial charge in [-0.25, -0.2) is 0 Å². The molecule has 0 amide bonds. The van der Waals surface area contributed by atoms with Crippen molar-refractivity contribution >= 4 is 21.1 Å². The van der Waals surface area contributed by atoms with E-state index in [0.29, 0.717) is 13.2 Å². The first-order valence-corrected chi connectivity index (χ1v) is 10.3. The Morgan fingerprint density at radius 2 is 1.12 bits per heavy atom. The SMILES string of the molecule is COCCOCC[CH2][Sn+2][CH2]CCOCCOC. The van der Waals surface area contributed by atoms with E-state index in [1.54, 1.807) is 14.2 Å². The molecule has 0 aliphatic carbocycles. The Balaban J connectivity index is 2.85. The van der Waals surface area contributed by atoms with Crippen LogP contribution in [-0.4, -0.2) is 75.0 Å². The number of rotatable bonds is 14. The second-order valence-corrected chi connectivity index (χ2v) is 7.95. The average molecular weight is 353 g/mol. The molecule has 0 N–H and O–H groups in total. The summed E-state index contributed by atoms with van der Waals surface area (Å²) in [6.07, 6.45) is 2.45. The average Bonchev–Trinajstić information content (AvgIpc) is 2.35. The summed E-state index contributed by atoms with van der Waals surface area (Å²) < 4.78 is 23.5. The van der Waals surface area contributed by atoms with Gasteiger partial charge in [0, 0.05) is 0 Å². The summed E-state index contributed by atoms with van der Waals surface area (Å²) in [6.45, 7) is 4.67. The zero-order chi connectivity index (χ0) is 12.6. The first-order valence-electron chi connectivity index (χ1n) is 6.26. The molecule has 0 aliphatic heterocycles. The minimum absolute atomic E-state index is 0.149. The summed E-state index contributed by atoms with van der Waals surface area (Å²) in [5, 5.41) is 0. The molecule has 17 heavy (non-hydrogen) atoms. The number of hydrogen-bond acceptors (Lipinski definition) is 4. The maximum atomic E-state index is 5.41. The Morgan fingerprint density at radius 1 is 0.647 bits per heavy atom. The molecular formula is C12H26O4Sn+2. The molecule has 0 fully saturated rings. The van der Waals surface area contributed by atoms with E-state index >= 15 is 0 Å². The second-order valence-electron chi connectivity index (χ2n) is 3.67. The van der Waals surface area contributed by atoms with E-state index in [-0.39, 0.29) is 21.1 Å². The van der Waals surface area contributed by atoms with Gasteiger partial charge in [-0.05, 0) is 0 Å². The van der Waals surface area contributed by atoms with Crippen LogP contribution in [0.25, 0.3) is 0 Å². The molecule has 4 nitrogen and oxygen atoms in total. The van der Waals surface area contributed by atoms with E-state index in [4.69, 9.17) is 18.9 Å². The van der Waals surface area contributed by atoms with E-state index in [9.17, 15) is 0 Å². The second kappa shape index (κ2) is 16.6. The van der Waals surface area contributed by atoms with Crippen molar-refractivity contribution in [3.8, 4) is 0 Å². The van der Waals surface area contributed by atoms with Crippen molar-refractivity contribution in [2.45, 2.75) is 21.7 Å². The van der Waals surface area contributed by atoms with Crippen molar-refractivity contribution < 1.29 is 18.9 Å². The summed E-state index contributed by atoms with van der Waals surface area (Å²) in [5.74, 6) is 0. The summed E-state index contributed by atoms with van der Waals surface area (Å²) in [5.41, 5.74) is 0. The van der Waals surface area contributed by atoms with Gasteiger partial charge in [0.2, 0.25) is 0 Å².